The van der Waals surface area contributed by atoms with Crippen LogP contribution in [-0.4, -0.2) is 33.8 Å². The Labute approximate surface area is 146 Å². The van der Waals surface area contributed by atoms with E-state index < -0.39 is 0 Å². The molecule has 23 heavy (non-hydrogen) atoms. The van der Waals surface area contributed by atoms with Crippen molar-refractivity contribution in [3.63, 3.8) is 0 Å². The Kier molecular flexibility index (Phi) is 5.76. The molecule has 0 radical (unpaired) electrons. The van der Waals surface area contributed by atoms with Crippen LogP contribution < -0.4 is 0 Å². The van der Waals surface area contributed by atoms with Gasteiger partial charge in [0.05, 0.1) is 11.2 Å². The molecular formula is C17H22ClN3OS. The summed E-state index contributed by atoms with van der Waals surface area (Å²) >= 11 is 7.80. The van der Waals surface area contributed by atoms with Crippen LogP contribution in [0, 0.1) is 20.8 Å². The molecule has 0 saturated carbocycles. The van der Waals surface area contributed by atoms with Gasteiger partial charge in [-0.25, -0.2) is 4.79 Å². The maximum Gasteiger partial charge on any atom is 0.344 e. The van der Waals surface area contributed by atoms with Crippen molar-refractivity contribution in [2.45, 2.75) is 44.5 Å². The van der Waals surface area contributed by atoms with Crippen LogP contribution in [0.3, 0.4) is 0 Å². The van der Waals surface area contributed by atoms with E-state index >= 15 is 0 Å². The summed E-state index contributed by atoms with van der Waals surface area (Å²) in [6.07, 6.45) is 1.59. The third-order valence-electron chi connectivity index (χ3n) is 3.67. The Bertz CT molecular complexity index is 700. The summed E-state index contributed by atoms with van der Waals surface area (Å²) in [6, 6.07) is 4.13. The zero-order valence-corrected chi connectivity index (χ0v) is 15.8. The van der Waals surface area contributed by atoms with Gasteiger partial charge in [-0.15, -0.1) is 0 Å². The number of halogens is 1. The highest BCUT2D eigenvalue weighted by Crippen LogP contribution is 2.36. The van der Waals surface area contributed by atoms with E-state index in [9.17, 15) is 4.79 Å². The topological polar surface area (TPSA) is 38.1 Å². The first-order chi connectivity index (χ1) is 10.9. The minimum atomic E-state index is -0.152. The van der Waals surface area contributed by atoms with Crippen LogP contribution in [-0.2, 0) is 0 Å². The number of hydrogen-bond donors (Lipinski definition) is 0. The molecule has 0 fully saturated rings. The highest BCUT2D eigenvalue weighted by atomic mass is 35.5. The lowest BCUT2D eigenvalue weighted by molar-refractivity contribution is 0.201. The molecule has 1 heterocycles. The number of nitrogens with zero attached hydrogens (tertiary/aromatic N) is 3. The number of amides is 1. The Balaban J connectivity index is 2.31. The second-order valence-electron chi connectivity index (χ2n) is 5.51. The molecule has 2 rings (SSSR count). The first-order valence-corrected chi connectivity index (χ1v) is 8.86. The SMILES string of the molecule is CCN(CC)C(=O)n1cc(Cl)c(Sc2c(C)cc(C)cc2C)n1. The molecule has 2 aromatic rings. The van der Waals surface area contributed by atoms with E-state index in [1.807, 2.05) is 13.8 Å². The zero-order chi connectivity index (χ0) is 17.1. The number of aromatic nitrogens is 2. The van der Waals surface area contributed by atoms with Gasteiger partial charge in [-0.1, -0.05) is 41.1 Å². The van der Waals surface area contributed by atoms with E-state index in [2.05, 4.69) is 38.0 Å². The molecule has 1 aromatic carbocycles. The lowest BCUT2D eigenvalue weighted by Crippen LogP contribution is -2.34. The number of benzene rings is 1. The second-order valence-corrected chi connectivity index (χ2v) is 6.92. The smallest absolute Gasteiger partial charge is 0.323 e. The van der Waals surface area contributed by atoms with Gasteiger partial charge in [-0.05, 0) is 45.7 Å². The maximum absolute atomic E-state index is 12.4. The van der Waals surface area contributed by atoms with Crippen molar-refractivity contribution in [3.05, 3.63) is 40.0 Å². The first-order valence-electron chi connectivity index (χ1n) is 7.67. The van der Waals surface area contributed by atoms with Crippen molar-refractivity contribution >= 4 is 29.4 Å². The molecule has 0 aliphatic rings. The molecule has 0 unspecified atom stereocenters. The normalized spacial score (nSPS) is 10.9. The Hall–Kier alpha value is -1.46. The minimum Gasteiger partial charge on any atom is -0.323 e. The van der Waals surface area contributed by atoms with E-state index in [0.29, 0.717) is 23.1 Å². The Morgan fingerprint density at radius 3 is 2.30 bits per heavy atom. The third kappa shape index (κ3) is 3.90. The molecule has 4 nitrogen and oxygen atoms in total. The highest BCUT2D eigenvalue weighted by molar-refractivity contribution is 7.99. The Morgan fingerprint density at radius 1 is 1.22 bits per heavy atom. The molecule has 1 amide bonds. The summed E-state index contributed by atoms with van der Waals surface area (Å²) in [5, 5.41) is 5.53. The van der Waals surface area contributed by atoms with Gasteiger partial charge in [0, 0.05) is 18.0 Å². The van der Waals surface area contributed by atoms with Crippen molar-refractivity contribution in [1.82, 2.24) is 14.7 Å². The van der Waals surface area contributed by atoms with E-state index in [1.54, 1.807) is 11.1 Å². The van der Waals surface area contributed by atoms with Gasteiger partial charge in [0.1, 0.15) is 5.03 Å². The van der Waals surface area contributed by atoms with Gasteiger partial charge < -0.3 is 4.90 Å². The van der Waals surface area contributed by atoms with Gasteiger partial charge >= 0.3 is 6.03 Å². The van der Waals surface area contributed by atoms with Gasteiger partial charge in [0.25, 0.3) is 0 Å². The van der Waals surface area contributed by atoms with Gasteiger partial charge in [0.2, 0.25) is 0 Å². The molecule has 124 valence electrons. The monoisotopic (exact) mass is 351 g/mol. The number of carbonyl (C=O) groups is 1. The number of rotatable bonds is 4. The predicted octanol–water partition coefficient (Wildman–Crippen LogP) is 4.92. The van der Waals surface area contributed by atoms with Crippen molar-refractivity contribution in [2.24, 2.45) is 0 Å². The molecule has 0 saturated heterocycles. The van der Waals surface area contributed by atoms with Crippen LogP contribution in [0.2, 0.25) is 5.02 Å². The third-order valence-corrected chi connectivity index (χ3v) is 5.40. The molecule has 1 aromatic heterocycles. The molecule has 0 aliphatic heterocycles. The predicted molar refractivity (Wildman–Crippen MR) is 95.7 cm³/mol. The van der Waals surface area contributed by atoms with Gasteiger partial charge in [0.15, 0.2) is 0 Å². The van der Waals surface area contributed by atoms with Gasteiger partial charge in [-0.2, -0.15) is 9.78 Å². The quantitative estimate of drug-likeness (QED) is 0.784. The maximum atomic E-state index is 12.4. The van der Waals surface area contributed by atoms with Crippen LogP contribution in [0.15, 0.2) is 28.3 Å². The lowest BCUT2D eigenvalue weighted by Gasteiger charge is -2.17. The van der Waals surface area contributed by atoms with Crippen LogP contribution in [0.25, 0.3) is 0 Å². The van der Waals surface area contributed by atoms with E-state index in [4.69, 9.17) is 11.6 Å². The fraction of sp³-hybridized carbons (Fsp3) is 0.412. The van der Waals surface area contributed by atoms with E-state index in [0.717, 1.165) is 4.90 Å². The largest absolute Gasteiger partial charge is 0.344 e. The average molecular weight is 352 g/mol. The summed E-state index contributed by atoms with van der Waals surface area (Å²) in [7, 11) is 0. The highest BCUT2D eigenvalue weighted by Gasteiger charge is 2.18. The van der Waals surface area contributed by atoms with Crippen molar-refractivity contribution in [3.8, 4) is 0 Å². The van der Waals surface area contributed by atoms with Gasteiger partial charge in [-0.3, -0.25) is 0 Å². The average Bonchev–Trinajstić information content (AvgIpc) is 2.85. The molecular weight excluding hydrogens is 330 g/mol. The minimum absolute atomic E-state index is 0.152. The number of carbonyl (C=O) groups excluding carboxylic acids is 1. The fourth-order valence-electron chi connectivity index (χ4n) is 2.57. The fourth-order valence-corrected chi connectivity index (χ4v) is 3.73. The summed E-state index contributed by atoms with van der Waals surface area (Å²) in [5.74, 6) is 0. The van der Waals surface area contributed by atoms with Crippen molar-refractivity contribution in [2.75, 3.05) is 13.1 Å². The number of aryl methyl sites for hydroxylation is 3. The van der Waals surface area contributed by atoms with Crippen LogP contribution >= 0.6 is 23.4 Å². The van der Waals surface area contributed by atoms with Crippen molar-refractivity contribution < 1.29 is 4.79 Å². The Morgan fingerprint density at radius 2 is 1.78 bits per heavy atom. The van der Waals surface area contributed by atoms with Crippen LogP contribution in [0.4, 0.5) is 4.79 Å². The van der Waals surface area contributed by atoms with E-state index in [1.165, 1.54) is 33.1 Å². The van der Waals surface area contributed by atoms with Crippen LogP contribution in [0.1, 0.15) is 30.5 Å². The zero-order valence-electron chi connectivity index (χ0n) is 14.2. The number of hydrogen-bond acceptors (Lipinski definition) is 3. The first kappa shape index (κ1) is 17.9. The molecule has 0 atom stereocenters. The standard InChI is InChI=1S/C17H22ClN3OS/c1-6-20(7-2)17(22)21-10-14(18)16(19-21)23-15-12(4)8-11(3)9-13(15)5/h8-10H,6-7H2,1-5H3. The molecule has 0 N–H and O–H groups in total. The molecule has 0 aliphatic carbocycles. The molecule has 0 spiro atoms. The van der Waals surface area contributed by atoms with Crippen LogP contribution in [0.5, 0.6) is 0 Å². The molecule has 6 heteroatoms. The summed E-state index contributed by atoms with van der Waals surface area (Å²) < 4.78 is 1.33. The van der Waals surface area contributed by atoms with E-state index in [-0.39, 0.29) is 6.03 Å². The molecule has 0 bridgehead atoms. The summed E-state index contributed by atoms with van der Waals surface area (Å²) in [6.45, 7) is 11.4. The summed E-state index contributed by atoms with van der Waals surface area (Å²) in [5.41, 5.74) is 3.61. The lowest BCUT2D eigenvalue weighted by atomic mass is 10.1. The van der Waals surface area contributed by atoms with Crippen molar-refractivity contribution in [1.29, 1.82) is 0 Å². The second kappa shape index (κ2) is 7.41. The summed E-state index contributed by atoms with van der Waals surface area (Å²) in [4.78, 5) is 15.2.